The zero-order valence-corrected chi connectivity index (χ0v) is 25.3. The van der Waals surface area contributed by atoms with Crippen molar-refractivity contribution in [2.45, 2.75) is 69.6 Å². The van der Waals surface area contributed by atoms with Crippen LogP contribution in [0.2, 0.25) is 0 Å². The number of rotatable bonds is 8. The Bertz CT molecular complexity index is 1480. The van der Waals surface area contributed by atoms with Gasteiger partial charge in [0, 0.05) is 47.6 Å². The predicted octanol–water partition coefficient (Wildman–Crippen LogP) is 5.75. The fourth-order valence-electron chi connectivity index (χ4n) is 7.17. The monoisotopic (exact) mass is 591 g/mol. The first-order valence-corrected chi connectivity index (χ1v) is 15.1. The fourth-order valence-corrected chi connectivity index (χ4v) is 7.17. The highest BCUT2D eigenvalue weighted by molar-refractivity contribution is 5.84. The van der Waals surface area contributed by atoms with Crippen LogP contribution in [0.1, 0.15) is 73.3 Å². The number of aromatic hydroxyl groups is 2. The minimum absolute atomic E-state index is 0.0894. The second-order valence-corrected chi connectivity index (χ2v) is 11.6. The Labute approximate surface area is 252 Å². The maximum absolute atomic E-state index is 11.9. The molecule has 1 heterocycles. The molecule has 3 aliphatic rings. The van der Waals surface area contributed by atoms with Gasteiger partial charge >= 0.3 is 0 Å². The molecule has 9 nitrogen and oxygen atoms in total. The third kappa shape index (κ3) is 5.08. The highest BCUT2D eigenvalue weighted by atomic mass is 16.5. The molecule has 2 atom stereocenters. The van der Waals surface area contributed by atoms with E-state index < -0.39 is 17.7 Å². The number of fused-ring (bicyclic) bond motifs is 5. The standard InChI is InChI=1S/C34H41NO8/c1-5-35-34(11-7-6-8-12-34)43-20-15-23-21(26(16-20)39-2)9-10-22-30(23)25(36)17-27-31(22)32(37)24(18-42-27)19-13-28(40-3)33(38)29(14-19)41-4/h13-17,24,32,35-38H,5-12,18H2,1-4H3/t24-,32-/m0/s1. The average molecular weight is 592 g/mol. The van der Waals surface area contributed by atoms with Crippen LogP contribution in [-0.4, -0.2) is 55.5 Å². The molecule has 0 radical (unpaired) electrons. The van der Waals surface area contributed by atoms with E-state index in [2.05, 4.69) is 12.2 Å². The van der Waals surface area contributed by atoms with E-state index in [1.54, 1.807) is 25.3 Å². The Kier molecular flexibility index (Phi) is 7.96. The van der Waals surface area contributed by atoms with Crippen LogP contribution in [0.3, 0.4) is 0 Å². The van der Waals surface area contributed by atoms with E-state index in [1.165, 1.54) is 20.6 Å². The van der Waals surface area contributed by atoms with Gasteiger partial charge in [0.15, 0.2) is 17.2 Å². The number of nitrogens with one attached hydrogen (secondary N) is 1. The van der Waals surface area contributed by atoms with Crippen molar-refractivity contribution in [2.75, 3.05) is 34.5 Å². The smallest absolute Gasteiger partial charge is 0.200 e. The van der Waals surface area contributed by atoms with Crippen molar-refractivity contribution in [1.82, 2.24) is 5.32 Å². The summed E-state index contributed by atoms with van der Waals surface area (Å²) in [6.45, 7) is 3.07. The molecule has 0 bridgehead atoms. The van der Waals surface area contributed by atoms with Crippen molar-refractivity contribution in [3.63, 3.8) is 0 Å². The molecule has 0 spiro atoms. The summed E-state index contributed by atoms with van der Waals surface area (Å²) in [5.41, 5.74) is 4.26. The highest BCUT2D eigenvalue weighted by Crippen LogP contribution is 2.53. The number of methoxy groups -OCH3 is 3. The predicted molar refractivity (Wildman–Crippen MR) is 162 cm³/mol. The zero-order chi connectivity index (χ0) is 30.3. The molecule has 6 rings (SSSR count). The first kappa shape index (κ1) is 29.3. The van der Waals surface area contributed by atoms with E-state index in [0.717, 1.165) is 54.7 Å². The van der Waals surface area contributed by atoms with E-state index in [-0.39, 0.29) is 29.6 Å². The topological polar surface area (TPSA) is 119 Å². The average Bonchev–Trinajstić information content (AvgIpc) is 3.01. The lowest BCUT2D eigenvalue weighted by molar-refractivity contribution is -0.00101. The Morgan fingerprint density at radius 2 is 1.56 bits per heavy atom. The van der Waals surface area contributed by atoms with Gasteiger partial charge < -0.3 is 39.0 Å². The fraction of sp³-hybridized carbons (Fsp3) is 0.471. The third-order valence-electron chi connectivity index (χ3n) is 9.21. The number of phenols is 2. The number of phenolic OH excluding ortho intramolecular Hbond substituents is 2. The molecule has 3 aromatic carbocycles. The highest BCUT2D eigenvalue weighted by Gasteiger charge is 2.39. The Morgan fingerprint density at radius 3 is 2.21 bits per heavy atom. The lowest BCUT2D eigenvalue weighted by Gasteiger charge is -2.39. The number of aliphatic hydroxyl groups is 1. The third-order valence-corrected chi connectivity index (χ3v) is 9.21. The van der Waals surface area contributed by atoms with E-state index in [1.807, 2.05) is 12.1 Å². The first-order chi connectivity index (χ1) is 20.8. The van der Waals surface area contributed by atoms with E-state index in [4.69, 9.17) is 23.7 Å². The molecular formula is C34H41NO8. The molecule has 230 valence electrons. The zero-order valence-electron chi connectivity index (χ0n) is 25.3. The van der Waals surface area contributed by atoms with Gasteiger partial charge in [0.1, 0.15) is 23.0 Å². The lowest BCUT2D eigenvalue weighted by Crippen LogP contribution is -2.51. The minimum atomic E-state index is -0.931. The molecule has 4 N–H and O–H groups in total. The molecule has 0 amide bonds. The number of ether oxygens (including phenoxy) is 5. The van der Waals surface area contributed by atoms with Gasteiger partial charge in [-0.1, -0.05) is 13.3 Å². The van der Waals surface area contributed by atoms with Gasteiger partial charge in [-0.05, 0) is 67.1 Å². The van der Waals surface area contributed by atoms with Gasteiger partial charge in [-0.15, -0.1) is 0 Å². The van der Waals surface area contributed by atoms with Crippen molar-refractivity contribution in [3.8, 4) is 51.4 Å². The van der Waals surface area contributed by atoms with Gasteiger partial charge in [-0.25, -0.2) is 0 Å². The number of hydrogen-bond acceptors (Lipinski definition) is 9. The largest absolute Gasteiger partial charge is 0.507 e. The van der Waals surface area contributed by atoms with Crippen molar-refractivity contribution in [1.29, 1.82) is 0 Å². The van der Waals surface area contributed by atoms with Crippen LogP contribution in [0.15, 0.2) is 30.3 Å². The Hall–Kier alpha value is -3.82. The van der Waals surface area contributed by atoms with Crippen LogP contribution >= 0.6 is 0 Å². The summed E-state index contributed by atoms with van der Waals surface area (Å²) in [6.07, 6.45) is 5.57. The summed E-state index contributed by atoms with van der Waals surface area (Å²) in [6, 6.07) is 8.94. The summed E-state index contributed by atoms with van der Waals surface area (Å²) >= 11 is 0. The van der Waals surface area contributed by atoms with Crippen LogP contribution in [0.4, 0.5) is 0 Å². The van der Waals surface area contributed by atoms with E-state index in [9.17, 15) is 15.3 Å². The van der Waals surface area contributed by atoms with Crippen molar-refractivity contribution in [3.05, 3.63) is 52.6 Å². The Morgan fingerprint density at radius 1 is 0.884 bits per heavy atom. The molecular weight excluding hydrogens is 550 g/mol. The molecule has 2 aliphatic carbocycles. The maximum Gasteiger partial charge on any atom is 0.200 e. The number of aliphatic hydroxyl groups excluding tert-OH is 1. The van der Waals surface area contributed by atoms with Crippen molar-refractivity contribution >= 4 is 0 Å². The summed E-state index contributed by atoms with van der Waals surface area (Å²) in [5.74, 6) is 1.90. The van der Waals surface area contributed by atoms with Gasteiger partial charge in [-0.3, -0.25) is 5.32 Å². The summed E-state index contributed by atoms with van der Waals surface area (Å²) in [7, 11) is 4.60. The molecule has 1 aliphatic heterocycles. The van der Waals surface area contributed by atoms with Crippen LogP contribution in [0.25, 0.3) is 11.1 Å². The number of hydrogen-bond donors (Lipinski definition) is 4. The molecule has 0 saturated heterocycles. The summed E-state index contributed by atoms with van der Waals surface area (Å²) in [5, 5.41) is 37.3. The van der Waals surface area contributed by atoms with E-state index >= 15 is 0 Å². The normalized spacial score (nSPS) is 20.2. The maximum atomic E-state index is 11.9. The van der Waals surface area contributed by atoms with Crippen LogP contribution in [0.5, 0.6) is 40.2 Å². The Balaban J connectivity index is 1.44. The lowest BCUT2D eigenvalue weighted by atomic mass is 9.77. The molecule has 9 heteroatoms. The van der Waals surface area contributed by atoms with Gasteiger partial charge in [-0.2, -0.15) is 0 Å². The second kappa shape index (κ2) is 11.7. The summed E-state index contributed by atoms with van der Waals surface area (Å²) < 4.78 is 29.5. The van der Waals surface area contributed by atoms with Crippen LogP contribution in [-0.2, 0) is 12.8 Å². The van der Waals surface area contributed by atoms with Gasteiger partial charge in [0.2, 0.25) is 5.75 Å². The number of benzene rings is 3. The minimum Gasteiger partial charge on any atom is -0.507 e. The molecule has 1 fully saturated rings. The first-order valence-electron chi connectivity index (χ1n) is 15.1. The molecule has 0 unspecified atom stereocenters. The molecule has 0 aromatic heterocycles. The van der Waals surface area contributed by atoms with Crippen molar-refractivity contribution in [2.24, 2.45) is 0 Å². The molecule has 3 aromatic rings. The van der Waals surface area contributed by atoms with Crippen LogP contribution < -0.4 is 29.0 Å². The summed E-state index contributed by atoms with van der Waals surface area (Å²) in [4.78, 5) is 0. The SMILES string of the molecule is CCNC1(Oc2cc(OC)c3c(c2)-c2c(O)cc4c(c2CC3)[C@@H](O)[C@H](c2cc(OC)c(O)c(OC)c2)CO4)CCCCC1. The van der Waals surface area contributed by atoms with Crippen molar-refractivity contribution < 1.29 is 39.0 Å². The molecule has 1 saturated carbocycles. The molecule has 43 heavy (non-hydrogen) atoms. The second-order valence-electron chi connectivity index (χ2n) is 11.6. The van der Waals surface area contributed by atoms with Gasteiger partial charge in [0.05, 0.1) is 34.0 Å². The quantitative estimate of drug-likeness (QED) is 0.243. The van der Waals surface area contributed by atoms with Gasteiger partial charge in [0.25, 0.3) is 0 Å². The van der Waals surface area contributed by atoms with Crippen LogP contribution in [0, 0.1) is 0 Å². The van der Waals surface area contributed by atoms with E-state index in [0.29, 0.717) is 41.0 Å².